The van der Waals surface area contributed by atoms with Crippen LogP contribution >= 0.6 is 0 Å². The average Bonchev–Trinajstić information content (AvgIpc) is 3.44. The summed E-state index contributed by atoms with van der Waals surface area (Å²) in [5.74, 6) is 2.92. The van der Waals surface area contributed by atoms with Crippen molar-refractivity contribution in [3.8, 4) is 22.8 Å². The molecule has 2 aromatic carbocycles. The molecule has 0 spiro atoms. The standard InChI is InChI=1S/C33H42N8O/c34-32-30-31(25-6-12-29(13-7-25)42-28-4-2-1-3-5-28)38-41(33(30)37-23-36-32)27-10-8-26(9-11-27)40-18-14-24(15-19-40)22-39-20-16-35-17-21-39/h1-7,12-13,23-24,26-27,35H,8-11,14-22H2,(H2,34,36,37). The molecule has 42 heavy (non-hydrogen) atoms. The summed E-state index contributed by atoms with van der Waals surface area (Å²) in [6, 6.07) is 18.9. The second kappa shape index (κ2) is 12.4. The largest absolute Gasteiger partial charge is 0.457 e. The van der Waals surface area contributed by atoms with Crippen molar-refractivity contribution in [3.63, 3.8) is 0 Å². The third-order valence-corrected chi connectivity index (χ3v) is 9.53. The minimum absolute atomic E-state index is 0.317. The molecule has 9 nitrogen and oxygen atoms in total. The highest BCUT2D eigenvalue weighted by atomic mass is 16.5. The Hall–Kier alpha value is -3.53. The predicted octanol–water partition coefficient (Wildman–Crippen LogP) is 4.97. The molecule has 0 unspecified atom stereocenters. The lowest BCUT2D eigenvalue weighted by Crippen LogP contribution is -2.48. The van der Waals surface area contributed by atoms with Gasteiger partial charge in [0.05, 0.1) is 11.4 Å². The zero-order valence-electron chi connectivity index (χ0n) is 24.4. The molecule has 0 bridgehead atoms. The highest BCUT2D eigenvalue weighted by Crippen LogP contribution is 2.38. The van der Waals surface area contributed by atoms with Gasteiger partial charge in [-0.05, 0) is 93.9 Å². The van der Waals surface area contributed by atoms with Crippen molar-refractivity contribution in [1.82, 2.24) is 34.9 Å². The number of hydrogen-bond donors (Lipinski definition) is 2. The Morgan fingerprint density at radius 3 is 2.21 bits per heavy atom. The Morgan fingerprint density at radius 2 is 1.48 bits per heavy atom. The molecule has 2 saturated heterocycles. The van der Waals surface area contributed by atoms with E-state index in [4.69, 9.17) is 15.6 Å². The van der Waals surface area contributed by atoms with E-state index in [-0.39, 0.29) is 0 Å². The molecule has 220 valence electrons. The summed E-state index contributed by atoms with van der Waals surface area (Å²) < 4.78 is 8.13. The summed E-state index contributed by atoms with van der Waals surface area (Å²) >= 11 is 0. The molecular formula is C33H42N8O. The molecule has 2 aromatic heterocycles. The van der Waals surface area contributed by atoms with Gasteiger partial charge in [-0.3, -0.25) is 0 Å². The molecular weight excluding hydrogens is 524 g/mol. The van der Waals surface area contributed by atoms with Gasteiger partial charge in [-0.2, -0.15) is 5.10 Å². The highest BCUT2D eigenvalue weighted by molar-refractivity contribution is 5.98. The third-order valence-electron chi connectivity index (χ3n) is 9.53. The highest BCUT2D eigenvalue weighted by Gasteiger charge is 2.32. The summed E-state index contributed by atoms with van der Waals surface area (Å²) in [5, 5.41) is 9.44. The number of piperidine rings is 1. The molecule has 3 aliphatic rings. The molecule has 4 aromatic rings. The van der Waals surface area contributed by atoms with Crippen molar-refractivity contribution < 1.29 is 4.74 Å². The first kappa shape index (κ1) is 27.3. The van der Waals surface area contributed by atoms with Crippen molar-refractivity contribution in [2.75, 3.05) is 51.5 Å². The Bertz CT molecular complexity index is 1450. The number of aromatic nitrogens is 4. The van der Waals surface area contributed by atoms with E-state index < -0.39 is 0 Å². The van der Waals surface area contributed by atoms with Gasteiger partial charge >= 0.3 is 0 Å². The summed E-state index contributed by atoms with van der Waals surface area (Å²) in [7, 11) is 0. The zero-order chi connectivity index (χ0) is 28.3. The van der Waals surface area contributed by atoms with Crippen LogP contribution in [0.2, 0.25) is 0 Å². The summed E-state index contributed by atoms with van der Waals surface area (Å²) in [6.45, 7) is 8.47. The minimum Gasteiger partial charge on any atom is -0.457 e. The number of piperazine rings is 1. The lowest BCUT2D eigenvalue weighted by molar-refractivity contribution is 0.0799. The van der Waals surface area contributed by atoms with Gasteiger partial charge in [-0.25, -0.2) is 14.6 Å². The molecule has 0 amide bonds. The molecule has 7 rings (SSSR count). The summed E-state index contributed by atoms with van der Waals surface area (Å²) in [4.78, 5) is 14.4. The minimum atomic E-state index is 0.317. The Balaban J connectivity index is 1.01. The van der Waals surface area contributed by atoms with E-state index in [0.29, 0.717) is 17.9 Å². The van der Waals surface area contributed by atoms with Crippen LogP contribution in [0.4, 0.5) is 5.82 Å². The number of fused-ring (bicyclic) bond motifs is 1. The van der Waals surface area contributed by atoms with E-state index in [9.17, 15) is 0 Å². The Kier molecular flexibility index (Phi) is 8.04. The first-order valence-corrected chi connectivity index (χ1v) is 15.7. The SMILES string of the molecule is Nc1ncnc2c1c(-c1ccc(Oc3ccccc3)cc1)nn2C1CCC(N2CCC(CN3CCNCC3)CC2)CC1. The van der Waals surface area contributed by atoms with Gasteiger partial charge in [0, 0.05) is 44.3 Å². The summed E-state index contributed by atoms with van der Waals surface area (Å²) in [6.07, 6.45) is 8.86. The molecule has 1 aliphatic carbocycles. The van der Waals surface area contributed by atoms with Crippen molar-refractivity contribution in [2.24, 2.45) is 5.92 Å². The van der Waals surface area contributed by atoms with Gasteiger partial charge in [0.25, 0.3) is 0 Å². The van der Waals surface area contributed by atoms with Gasteiger partial charge < -0.3 is 25.6 Å². The van der Waals surface area contributed by atoms with E-state index in [1.807, 2.05) is 54.6 Å². The first-order valence-electron chi connectivity index (χ1n) is 15.7. The first-order chi connectivity index (χ1) is 20.7. The van der Waals surface area contributed by atoms with Crippen molar-refractivity contribution in [2.45, 2.75) is 50.6 Å². The Morgan fingerprint density at radius 1 is 0.786 bits per heavy atom. The molecule has 3 fully saturated rings. The van der Waals surface area contributed by atoms with E-state index in [0.717, 1.165) is 65.6 Å². The molecule has 2 aliphatic heterocycles. The Labute approximate surface area is 248 Å². The second-order valence-corrected chi connectivity index (χ2v) is 12.2. The third kappa shape index (κ3) is 5.86. The van der Waals surface area contributed by atoms with Crippen LogP contribution in [0.15, 0.2) is 60.9 Å². The van der Waals surface area contributed by atoms with Crippen LogP contribution in [-0.2, 0) is 0 Å². The number of nitrogens with two attached hydrogens (primary N) is 1. The van der Waals surface area contributed by atoms with Crippen LogP contribution in [0.1, 0.15) is 44.6 Å². The fourth-order valence-electron chi connectivity index (χ4n) is 7.19. The van der Waals surface area contributed by atoms with Crippen LogP contribution in [-0.4, -0.2) is 81.4 Å². The number of nitrogens with zero attached hydrogens (tertiary/aromatic N) is 6. The van der Waals surface area contributed by atoms with Gasteiger partial charge in [0.2, 0.25) is 0 Å². The lowest BCUT2D eigenvalue weighted by atomic mass is 9.87. The van der Waals surface area contributed by atoms with Crippen molar-refractivity contribution in [1.29, 1.82) is 0 Å². The molecule has 1 saturated carbocycles. The number of hydrogen-bond acceptors (Lipinski definition) is 8. The predicted molar refractivity (Wildman–Crippen MR) is 167 cm³/mol. The zero-order valence-corrected chi connectivity index (χ0v) is 24.4. The second-order valence-electron chi connectivity index (χ2n) is 12.2. The van der Waals surface area contributed by atoms with E-state index in [2.05, 4.69) is 29.8 Å². The molecule has 9 heteroatoms. The number of rotatable bonds is 7. The van der Waals surface area contributed by atoms with Crippen LogP contribution in [0.5, 0.6) is 11.5 Å². The molecule has 0 radical (unpaired) electrons. The molecule has 3 N–H and O–H groups in total. The fraction of sp³-hybridized carbons (Fsp3) is 0.485. The van der Waals surface area contributed by atoms with Crippen LogP contribution in [0.25, 0.3) is 22.3 Å². The lowest BCUT2D eigenvalue weighted by Gasteiger charge is -2.42. The summed E-state index contributed by atoms with van der Waals surface area (Å²) in [5.41, 5.74) is 9.07. The number of likely N-dealkylation sites (tertiary alicyclic amines) is 1. The fourth-order valence-corrected chi connectivity index (χ4v) is 7.19. The van der Waals surface area contributed by atoms with E-state index >= 15 is 0 Å². The van der Waals surface area contributed by atoms with Gasteiger partial charge in [-0.1, -0.05) is 18.2 Å². The van der Waals surface area contributed by atoms with Crippen LogP contribution in [0, 0.1) is 5.92 Å². The quantitative estimate of drug-likeness (QED) is 0.324. The monoisotopic (exact) mass is 566 g/mol. The maximum absolute atomic E-state index is 6.42. The van der Waals surface area contributed by atoms with E-state index in [1.54, 1.807) is 6.33 Å². The van der Waals surface area contributed by atoms with E-state index in [1.165, 1.54) is 58.4 Å². The topological polar surface area (TPSA) is 97.4 Å². The maximum Gasteiger partial charge on any atom is 0.164 e. The van der Waals surface area contributed by atoms with Crippen molar-refractivity contribution in [3.05, 3.63) is 60.9 Å². The number of anilines is 1. The molecule has 0 atom stereocenters. The number of nitrogen functional groups attached to an aromatic ring is 1. The number of para-hydroxylation sites is 1. The number of ether oxygens (including phenoxy) is 1. The van der Waals surface area contributed by atoms with Crippen molar-refractivity contribution >= 4 is 16.9 Å². The van der Waals surface area contributed by atoms with Crippen LogP contribution < -0.4 is 15.8 Å². The van der Waals surface area contributed by atoms with Gasteiger partial charge in [-0.15, -0.1) is 0 Å². The normalized spacial score (nSPS) is 22.9. The van der Waals surface area contributed by atoms with Gasteiger partial charge in [0.1, 0.15) is 29.3 Å². The smallest absolute Gasteiger partial charge is 0.164 e. The molecule has 4 heterocycles. The average molecular weight is 567 g/mol. The maximum atomic E-state index is 6.42. The number of benzene rings is 2. The van der Waals surface area contributed by atoms with Crippen LogP contribution in [0.3, 0.4) is 0 Å². The number of nitrogens with one attached hydrogen (secondary N) is 1. The van der Waals surface area contributed by atoms with Gasteiger partial charge in [0.15, 0.2) is 5.65 Å².